The second-order valence-corrected chi connectivity index (χ2v) is 6.02. The lowest BCUT2D eigenvalue weighted by molar-refractivity contribution is 0.0649. The molecular weight excluding hydrogens is 307 g/mol. The standard InChI is InChI=1S/C19H23FN2O2/c20-18-8-4-5-9-19(18)24-15-17(23)14-21-10-12-22(13-11-21)16-6-2-1-3-7-16/h1-9,17,23H,10-15H2/t17-/m0/s1. The van der Waals surface area contributed by atoms with E-state index in [9.17, 15) is 9.50 Å². The Hall–Kier alpha value is -2.11. The molecule has 1 aliphatic rings. The maximum absolute atomic E-state index is 13.5. The van der Waals surface area contributed by atoms with Crippen molar-refractivity contribution in [3.8, 4) is 5.75 Å². The minimum atomic E-state index is -0.632. The molecule has 1 fully saturated rings. The van der Waals surface area contributed by atoms with E-state index in [4.69, 9.17) is 4.74 Å². The highest BCUT2D eigenvalue weighted by molar-refractivity contribution is 5.46. The van der Waals surface area contributed by atoms with E-state index in [0.29, 0.717) is 6.54 Å². The molecule has 5 heteroatoms. The first kappa shape index (κ1) is 16.7. The normalized spacial score (nSPS) is 16.8. The van der Waals surface area contributed by atoms with E-state index in [1.807, 2.05) is 18.2 Å². The van der Waals surface area contributed by atoms with Crippen LogP contribution in [0.1, 0.15) is 0 Å². The van der Waals surface area contributed by atoms with Gasteiger partial charge in [-0.3, -0.25) is 4.90 Å². The number of ether oxygens (including phenoxy) is 1. The number of nitrogens with zero attached hydrogens (tertiary/aromatic N) is 2. The predicted molar refractivity (Wildman–Crippen MR) is 93.0 cm³/mol. The molecular formula is C19H23FN2O2. The van der Waals surface area contributed by atoms with Crippen molar-refractivity contribution in [2.45, 2.75) is 6.10 Å². The first-order chi connectivity index (χ1) is 11.7. The molecule has 1 atom stereocenters. The lowest BCUT2D eigenvalue weighted by atomic mass is 10.2. The summed E-state index contributed by atoms with van der Waals surface area (Å²) in [6.07, 6.45) is -0.632. The predicted octanol–water partition coefficient (Wildman–Crippen LogP) is 2.39. The van der Waals surface area contributed by atoms with Crippen molar-refractivity contribution in [1.82, 2.24) is 4.90 Å². The Balaban J connectivity index is 1.42. The third-order valence-corrected chi connectivity index (χ3v) is 4.23. The van der Waals surface area contributed by atoms with Gasteiger partial charge in [0.05, 0.1) is 0 Å². The molecule has 1 heterocycles. The molecule has 1 N–H and O–H groups in total. The number of hydrogen-bond donors (Lipinski definition) is 1. The summed E-state index contributed by atoms with van der Waals surface area (Å²) < 4.78 is 18.8. The molecule has 0 bridgehead atoms. The summed E-state index contributed by atoms with van der Waals surface area (Å²) in [5.74, 6) is -0.216. The first-order valence-corrected chi connectivity index (χ1v) is 8.30. The van der Waals surface area contributed by atoms with Crippen molar-refractivity contribution in [1.29, 1.82) is 0 Å². The second-order valence-electron chi connectivity index (χ2n) is 6.02. The Morgan fingerprint density at radius 3 is 2.33 bits per heavy atom. The Bertz CT molecular complexity index is 630. The van der Waals surface area contributed by atoms with Crippen molar-refractivity contribution in [3.63, 3.8) is 0 Å². The van der Waals surface area contributed by atoms with Crippen LogP contribution in [0.5, 0.6) is 5.75 Å². The molecule has 0 spiro atoms. The maximum atomic E-state index is 13.5. The van der Waals surface area contributed by atoms with Gasteiger partial charge in [-0.1, -0.05) is 30.3 Å². The molecule has 24 heavy (non-hydrogen) atoms. The van der Waals surface area contributed by atoms with Gasteiger partial charge in [0.1, 0.15) is 12.7 Å². The molecule has 4 nitrogen and oxygen atoms in total. The summed E-state index contributed by atoms with van der Waals surface area (Å²) in [5.41, 5.74) is 1.24. The van der Waals surface area contributed by atoms with Crippen LogP contribution in [0.3, 0.4) is 0 Å². The first-order valence-electron chi connectivity index (χ1n) is 8.30. The van der Waals surface area contributed by atoms with Crippen LogP contribution in [-0.2, 0) is 0 Å². The van der Waals surface area contributed by atoms with Gasteiger partial charge < -0.3 is 14.7 Å². The zero-order valence-electron chi connectivity index (χ0n) is 13.6. The molecule has 2 aromatic carbocycles. The van der Waals surface area contributed by atoms with E-state index in [0.717, 1.165) is 26.2 Å². The molecule has 0 aliphatic carbocycles. The summed E-state index contributed by atoms with van der Waals surface area (Å²) in [6.45, 7) is 4.30. The molecule has 128 valence electrons. The van der Waals surface area contributed by atoms with Gasteiger partial charge in [-0.15, -0.1) is 0 Å². The Kier molecular flexibility index (Phi) is 5.67. The monoisotopic (exact) mass is 330 g/mol. The highest BCUT2D eigenvalue weighted by atomic mass is 19.1. The fourth-order valence-corrected chi connectivity index (χ4v) is 2.93. The number of para-hydroxylation sites is 2. The van der Waals surface area contributed by atoms with Crippen molar-refractivity contribution in [3.05, 3.63) is 60.4 Å². The van der Waals surface area contributed by atoms with Crippen LogP contribution in [0.4, 0.5) is 10.1 Å². The summed E-state index contributed by atoms with van der Waals surface area (Å²) >= 11 is 0. The van der Waals surface area contributed by atoms with Gasteiger partial charge in [0, 0.05) is 38.4 Å². The highest BCUT2D eigenvalue weighted by Crippen LogP contribution is 2.17. The molecule has 0 unspecified atom stereocenters. The number of benzene rings is 2. The molecule has 0 amide bonds. The number of aliphatic hydroxyl groups is 1. The van der Waals surface area contributed by atoms with Crippen LogP contribution < -0.4 is 9.64 Å². The van der Waals surface area contributed by atoms with E-state index in [2.05, 4.69) is 21.9 Å². The zero-order valence-corrected chi connectivity index (χ0v) is 13.6. The number of β-amino-alcohol motifs (C(OH)–C–C–N with tert-alkyl or cyclic N) is 1. The number of piperazine rings is 1. The van der Waals surface area contributed by atoms with Gasteiger partial charge in [0.15, 0.2) is 11.6 Å². The Morgan fingerprint density at radius 2 is 1.62 bits per heavy atom. The quantitative estimate of drug-likeness (QED) is 0.882. The molecule has 0 aromatic heterocycles. The van der Waals surface area contributed by atoms with Crippen molar-refractivity contribution in [2.24, 2.45) is 0 Å². The number of rotatable bonds is 6. The Morgan fingerprint density at radius 1 is 0.958 bits per heavy atom. The minimum absolute atomic E-state index is 0.0971. The van der Waals surface area contributed by atoms with E-state index in [1.165, 1.54) is 11.8 Å². The molecule has 3 rings (SSSR count). The second kappa shape index (κ2) is 8.13. The molecule has 1 aliphatic heterocycles. The van der Waals surface area contributed by atoms with E-state index >= 15 is 0 Å². The van der Waals surface area contributed by atoms with Crippen molar-refractivity contribution in [2.75, 3.05) is 44.2 Å². The molecule has 0 saturated carbocycles. The summed E-state index contributed by atoms with van der Waals surface area (Å²) in [6, 6.07) is 16.6. The van der Waals surface area contributed by atoms with Gasteiger partial charge >= 0.3 is 0 Å². The van der Waals surface area contributed by atoms with E-state index < -0.39 is 11.9 Å². The number of hydrogen-bond acceptors (Lipinski definition) is 4. The minimum Gasteiger partial charge on any atom is -0.488 e. The topological polar surface area (TPSA) is 35.9 Å². The van der Waals surface area contributed by atoms with E-state index in [1.54, 1.807) is 18.2 Å². The van der Waals surface area contributed by atoms with Crippen LogP contribution in [0.15, 0.2) is 54.6 Å². The van der Waals surface area contributed by atoms with E-state index in [-0.39, 0.29) is 12.4 Å². The fraction of sp³-hybridized carbons (Fsp3) is 0.368. The lowest BCUT2D eigenvalue weighted by Crippen LogP contribution is -2.49. The lowest BCUT2D eigenvalue weighted by Gasteiger charge is -2.36. The van der Waals surface area contributed by atoms with Gasteiger partial charge in [-0.25, -0.2) is 4.39 Å². The average Bonchev–Trinajstić information content (AvgIpc) is 2.62. The average molecular weight is 330 g/mol. The SMILES string of the molecule is O[C@H](COc1ccccc1F)CN1CCN(c2ccccc2)CC1. The number of halogens is 1. The maximum Gasteiger partial charge on any atom is 0.165 e. The Labute approximate surface area is 142 Å². The smallest absolute Gasteiger partial charge is 0.165 e. The van der Waals surface area contributed by atoms with Crippen LogP contribution in [0, 0.1) is 5.82 Å². The van der Waals surface area contributed by atoms with Gasteiger partial charge in [0.2, 0.25) is 0 Å². The van der Waals surface area contributed by atoms with Crippen molar-refractivity contribution < 1.29 is 14.2 Å². The zero-order chi connectivity index (χ0) is 16.8. The van der Waals surface area contributed by atoms with Crippen molar-refractivity contribution >= 4 is 5.69 Å². The number of aliphatic hydroxyl groups excluding tert-OH is 1. The summed E-state index contributed by atoms with van der Waals surface area (Å²) in [7, 11) is 0. The van der Waals surface area contributed by atoms with Gasteiger partial charge in [-0.05, 0) is 24.3 Å². The fourth-order valence-electron chi connectivity index (χ4n) is 2.93. The van der Waals surface area contributed by atoms with Gasteiger partial charge in [0.25, 0.3) is 0 Å². The molecule has 0 radical (unpaired) electrons. The molecule has 2 aromatic rings. The number of anilines is 1. The molecule has 1 saturated heterocycles. The largest absolute Gasteiger partial charge is 0.488 e. The third-order valence-electron chi connectivity index (χ3n) is 4.23. The van der Waals surface area contributed by atoms with Crippen LogP contribution in [0.25, 0.3) is 0 Å². The highest BCUT2D eigenvalue weighted by Gasteiger charge is 2.19. The van der Waals surface area contributed by atoms with Crippen LogP contribution in [0.2, 0.25) is 0 Å². The third kappa shape index (κ3) is 4.46. The summed E-state index contributed by atoms with van der Waals surface area (Å²) in [5, 5.41) is 10.1. The van der Waals surface area contributed by atoms with Crippen LogP contribution >= 0.6 is 0 Å². The van der Waals surface area contributed by atoms with Crippen LogP contribution in [-0.4, -0.2) is 55.4 Å². The summed E-state index contributed by atoms with van der Waals surface area (Å²) in [4.78, 5) is 4.56. The van der Waals surface area contributed by atoms with Gasteiger partial charge in [-0.2, -0.15) is 0 Å².